The molecule has 0 amide bonds. The van der Waals surface area contributed by atoms with Crippen molar-refractivity contribution in [3.63, 3.8) is 0 Å². The standard InChI is InChI=1S/C22H23NO6/c1-15(21(25)27-2)12-20(24)29-18-10-8-16(9-11-18)13-19(23)22(26)28-14-17-6-4-3-5-7-17/h3-11,19H,1,12-14,23H2,2H3/t19-/m0/s1. The van der Waals surface area contributed by atoms with Crippen LogP contribution in [-0.4, -0.2) is 31.1 Å². The van der Waals surface area contributed by atoms with Crippen LogP contribution in [-0.2, 0) is 36.9 Å². The van der Waals surface area contributed by atoms with E-state index in [1.165, 1.54) is 7.11 Å². The molecule has 0 aromatic heterocycles. The summed E-state index contributed by atoms with van der Waals surface area (Å²) in [7, 11) is 1.21. The maximum atomic E-state index is 12.1. The molecule has 0 aliphatic rings. The number of methoxy groups -OCH3 is 1. The molecular formula is C22H23NO6. The Morgan fingerprint density at radius 3 is 2.28 bits per heavy atom. The Balaban J connectivity index is 1.81. The molecule has 2 aromatic rings. The van der Waals surface area contributed by atoms with Crippen molar-refractivity contribution in [3.8, 4) is 5.75 Å². The Hall–Kier alpha value is -3.45. The van der Waals surface area contributed by atoms with Crippen molar-refractivity contribution < 1.29 is 28.6 Å². The Bertz CT molecular complexity index is 861. The van der Waals surface area contributed by atoms with E-state index in [-0.39, 0.29) is 25.0 Å². The monoisotopic (exact) mass is 397 g/mol. The molecular weight excluding hydrogens is 374 g/mol. The van der Waals surface area contributed by atoms with Crippen molar-refractivity contribution in [3.05, 3.63) is 77.9 Å². The molecule has 0 spiro atoms. The van der Waals surface area contributed by atoms with Gasteiger partial charge in [0, 0.05) is 5.57 Å². The highest BCUT2D eigenvalue weighted by Gasteiger charge is 2.17. The van der Waals surface area contributed by atoms with Crippen LogP contribution >= 0.6 is 0 Å². The fourth-order valence-corrected chi connectivity index (χ4v) is 2.42. The summed E-state index contributed by atoms with van der Waals surface area (Å²) < 4.78 is 14.9. The number of rotatable bonds is 9. The molecule has 0 fully saturated rings. The maximum Gasteiger partial charge on any atom is 0.333 e. The fraction of sp³-hybridized carbons (Fsp3) is 0.227. The van der Waals surface area contributed by atoms with Gasteiger partial charge in [0.1, 0.15) is 18.4 Å². The van der Waals surface area contributed by atoms with Crippen LogP contribution in [0, 0.1) is 0 Å². The average Bonchev–Trinajstić information content (AvgIpc) is 2.73. The zero-order valence-electron chi connectivity index (χ0n) is 16.1. The zero-order valence-corrected chi connectivity index (χ0v) is 16.1. The minimum Gasteiger partial charge on any atom is -0.466 e. The number of hydrogen-bond donors (Lipinski definition) is 1. The van der Waals surface area contributed by atoms with Crippen LogP contribution in [0.15, 0.2) is 66.7 Å². The quantitative estimate of drug-likeness (QED) is 0.393. The van der Waals surface area contributed by atoms with E-state index < -0.39 is 23.9 Å². The Kier molecular flexibility index (Phi) is 8.12. The predicted molar refractivity (Wildman–Crippen MR) is 106 cm³/mol. The van der Waals surface area contributed by atoms with Crippen LogP contribution in [0.25, 0.3) is 0 Å². The third-order valence-electron chi connectivity index (χ3n) is 3.97. The topological polar surface area (TPSA) is 105 Å². The van der Waals surface area contributed by atoms with E-state index >= 15 is 0 Å². The largest absolute Gasteiger partial charge is 0.466 e. The summed E-state index contributed by atoms with van der Waals surface area (Å²) in [5.41, 5.74) is 7.59. The molecule has 0 aliphatic heterocycles. The average molecular weight is 397 g/mol. The summed E-state index contributed by atoms with van der Waals surface area (Å²) in [6, 6.07) is 15.1. The molecule has 0 heterocycles. The summed E-state index contributed by atoms with van der Waals surface area (Å²) in [4.78, 5) is 35.1. The molecule has 1 atom stereocenters. The van der Waals surface area contributed by atoms with Crippen molar-refractivity contribution in [2.75, 3.05) is 7.11 Å². The van der Waals surface area contributed by atoms with Gasteiger partial charge in [-0.25, -0.2) is 4.79 Å². The van der Waals surface area contributed by atoms with Gasteiger partial charge in [-0.3, -0.25) is 9.59 Å². The molecule has 0 aliphatic carbocycles. The van der Waals surface area contributed by atoms with E-state index in [4.69, 9.17) is 15.2 Å². The minimum atomic E-state index is -0.810. The van der Waals surface area contributed by atoms with Gasteiger partial charge < -0.3 is 19.9 Å². The van der Waals surface area contributed by atoms with Crippen LogP contribution in [0.1, 0.15) is 17.5 Å². The first-order chi connectivity index (χ1) is 13.9. The van der Waals surface area contributed by atoms with Crippen molar-refractivity contribution >= 4 is 17.9 Å². The second-order valence-electron chi connectivity index (χ2n) is 6.29. The molecule has 0 radical (unpaired) electrons. The predicted octanol–water partition coefficient (Wildman–Crippen LogP) is 2.32. The first kappa shape index (κ1) is 21.8. The van der Waals surface area contributed by atoms with E-state index in [2.05, 4.69) is 11.3 Å². The first-order valence-electron chi connectivity index (χ1n) is 8.91. The van der Waals surface area contributed by atoms with Gasteiger partial charge in [0.15, 0.2) is 0 Å². The van der Waals surface area contributed by atoms with Gasteiger partial charge in [-0.05, 0) is 29.7 Å². The highest BCUT2D eigenvalue weighted by Crippen LogP contribution is 2.15. The Morgan fingerprint density at radius 1 is 1.00 bits per heavy atom. The third-order valence-corrected chi connectivity index (χ3v) is 3.97. The van der Waals surface area contributed by atoms with Gasteiger partial charge in [0.25, 0.3) is 0 Å². The number of carbonyl (C=O) groups is 3. The van der Waals surface area contributed by atoms with Gasteiger partial charge >= 0.3 is 17.9 Å². The van der Waals surface area contributed by atoms with Gasteiger partial charge in [-0.15, -0.1) is 0 Å². The van der Waals surface area contributed by atoms with Crippen molar-refractivity contribution in [1.29, 1.82) is 0 Å². The molecule has 2 rings (SSSR count). The van der Waals surface area contributed by atoms with Crippen LogP contribution in [0.3, 0.4) is 0 Å². The highest BCUT2D eigenvalue weighted by molar-refractivity contribution is 5.93. The van der Waals surface area contributed by atoms with Crippen LogP contribution in [0.4, 0.5) is 0 Å². The maximum absolute atomic E-state index is 12.1. The van der Waals surface area contributed by atoms with Gasteiger partial charge in [0.05, 0.1) is 13.5 Å². The molecule has 152 valence electrons. The second kappa shape index (κ2) is 10.8. The van der Waals surface area contributed by atoms with E-state index in [0.717, 1.165) is 11.1 Å². The van der Waals surface area contributed by atoms with Crippen molar-refractivity contribution in [1.82, 2.24) is 0 Å². The lowest BCUT2D eigenvalue weighted by atomic mass is 10.1. The summed E-state index contributed by atoms with van der Waals surface area (Å²) in [5, 5.41) is 0. The fourth-order valence-electron chi connectivity index (χ4n) is 2.42. The number of nitrogens with two attached hydrogens (primary N) is 1. The SMILES string of the molecule is C=C(CC(=O)Oc1ccc(C[C@H](N)C(=O)OCc2ccccc2)cc1)C(=O)OC. The van der Waals surface area contributed by atoms with Crippen LogP contribution in [0.5, 0.6) is 5.75 Å². The summed E-state index contributed by atoms with van der Waals surface area (Å²) in [6.45, 7) is 3.64. The number of carbonyl (C=O) groups excluding carboxylic acids is 3. The van der Waals surface area contributed by atoms with E-state index in [1.807, 2.05) is 30.3 Å². The summed E-state index contributed by atoms with van der Waals surface area (Å²) in [6.07, 6.45) is 0.00749. The Labute approximate surface area is 169 Å². The minimum absolute atomic E-state index is 0.00843. The molecule has 7 heteroatoms. The highest BCUT2D eigenvalue weighted by atomic mass is 16.5. The van der Waals surface area contributed by atoms with Gasteiger partial charge in [-0.2, -0.15) is 0 Å². The van der Waals surface area contributed by atoms with E-state index in [9.17, 15) is 14.4 Å². The van der Waals surface area contributed by atoms with E-state index in [1.54, 1.807) is 24.3 Å². The van der Waals surface area contributed by atoms with Crippen LogP contribution in [0.2, 0.25) is 0 Å². The lowest BCUT2D eigenvalue weighted by Gasteiger charge is -2.12. The first-order valence-corrected chi connectivity index (χ1v) is 8.91. The molecule has 0 unspecified atom stereocenters. The molecule has 0 bridgehead atoms. The third kappa shape index (κ3) is 7.23. The summed E-state index contributed by atoms with van der Waals surface area (Å²) in [5.74, 6) is -1.48. The number of esters is 3. The van der Waals surface area contributed by atoms with Crippen molar-refractivity contribution in [2.45, 2.75) is 25.5 Å². The molecule has 7 nitrogen and oxygen atoms in total. The van der Waals surface area contributed by atoms with Crippen LogP contribution < -0.4 is 10.5 Å². The van der Waals surface area contributed by atoms with Gasteiger partial charge in [-0.1, -0.05) is 49.0 Å². The smallest absolute Gasteiger partial charge is 0.333 e. The molecule has 2 N–H and O–H groups in total. The van der Waals surface area contributed by atoms with E-state index in [0.29, 0.717) is 5.75 Å². The molecule has 0 saturated heterocycles. The second-order valence-corrected chi connectivity index (χ2v) is 6.29. The van der Waals surface area contributed by atoms with Crippen molar-refractivity contribution in [2.24, 2.45) is 5.73 Å². The summed E-state index contributed by atoms with van der Waals surface area (Å²) >= 11 is 0. The lowest BCUT2D eigenvalue weighted by Crippen LogP contribution is -2.34. The molecule has 2 aromatic carbocycles. The van der Waals surface area contributed by atoms with Gasteiger partial charge in [0.2, 0.25) is 0 Å². The molecule has 29 heavy (non-hydrogen) atoms. The number of ether oxygens (including phenoxy) is 3. The Morgan fingerprint density at radius 2 is 1.66 bits per heavy atom. The lowest BCUT2D eigenvalue weighted by molar-refractivity contribution is -0.146. The number of benzene rings is 2. The molecule has 0 saturated carbocycles. The number of hydrogen-bond acceptors (Lipinski definition) is 7. The zero-order chi connectivity index (χ0) is 21.2. The normalized spacial score (nSPS) is 11.2.